The Morgan fingerprint density at radius 2 is 1.50 bits per heavy atom. The monoisotopic (exact) mass is 502 g/mol. The maximum Gasteiger partial charge on any atom is 0.242 e. The second-order valence-electron chi connectivity index (χ2n) is 9.75. The number of benzene rings is 3. The summed E-state index contributed by atoms with van der Waals surface area (Å²) < 4.78 is 0. The number of hydrogen-bond donors (Lipinski definition) is 1. The van der Waals surface area contributed by atoms with Crippen LogP contribution in [-0.4, -0.2) is 28.8 Å². The Morgan fingerprint density at radius 3 is 2.08 bits per heavy atom. The highest BCUT2D eigenvalue weighted by atomic mass is 35.5. The van der Waals surface area contributed by atoms with Crippen LogP contribution in [0.4, 0.5) is 0 Å². The largest absolute Gasteiger partial charge is 0.352 e. The summed E-state index contributed by atoms with van der Waals surface area (Å²) in [5, 5.41) is 3.83. The van der Waals surface area contributed by atoms with Crippen molar-refractivity contribution in [2.45, 2.75) is 70.0 Å². The Kier molecular flexibility index (Phi) is 9.18. The maximum atomic E-state index is 13.9. The molecule has 3 aromatic carbocycles. The average Bonchev–Trinajstić information content (AvgIpc) is 2.91. The molecule has 0 radical (unpaired) electrons. The van der Waals surface area contributed by atoms with Crippen molar-refractivity contribution in [2.24, 2.45) is 0 Å². The molecule has 0 aromatic heterocycles. The summed E-state index contributed by atoms with van der Waals surface area (Å²) in [6.45, 7) is 2.16. The number of halogens is 1. The Hall–Kier alpha value is -3.11. The Bertz CT molecular complexity index is 1090. The van der Waals surface area contributed by atoms with E-state index < -0.39 is 6.04 Å². The van der Waals surface area contributed by atoms with Crippen LogP contribution in [0.25, 0.3) is 0 Å². The molecular weight excluding hydrogens is 468 g/mol. The molecule has 4 nitrogen and oxygen atoms in total. The quantitative estimate of drug-likeness (QED) is 0.352. The summed E-state index contributed by atoms with van der Waals surface area (Å²) >= 11 is 6.24. The van der Waals surface area contributed by atoms with Gasteiger partial charge in [0.2, 0.25) is 11.8 Å². The first-order chi connectivity index (χ1) is 17.5. The number of hydrogen-bond acceptors (Lipinski definition) is 2. The summed E-state index contributed by atoms with van der Waals surface area (Å²) in [6, 6.07) is 27.3. The lowest BCUT2D eigenvalue weighted by Gasteiger charge is -2.32. The first-order valence-electron chi connectivity index (χ1n) is 13.0. The van der Waals surface area contributed by atoms with Crippen molar-refractivity contribution >= 4 is 23.4 Å². The van der Waals surface area contributed by atoms with Crippen molar-refractivity contribution in [3.05, 3.63) is 107 Å². The van der Waals surface area contributed by atoms with Gasteiger partial charge >= 0.3 is 0 Å². The van der Waals surface area contributed by atoms with E-state index in [1.807, 2.05) is 67.6 Å². The zero-order valence-corrected chi connectivity index (χ0v) is 21.7. The zero-order valence-electron chi connectivity index (χ0n) is 20.9. The summed E-state index contributed by atoms with van der Waals surface area (Å²) in [7, 11) is 0. The van der Waals surface area contributed by atoms with Gasteiger partial charge in [-0.1, -0.05) is 104 Å². The minimum atomic E-state index is -0.592. The molecule has 36 heavy (non-hydrogen) atoms. The van der Waals surface area contributed by atoms with E-state index in [9.17, 15) is 9.59 Å². The summed E-state index contributed by atoms with van der Waals surface area (Å²) in [6.07, 6.45) is 5.79. The molecule has 1 N–H and O–H groups in total. The van der Waals surface area contributed by atoms with E-state index in [2.05, 4.69) is 29.6 Å². The molecule has 0 unspecified atom stereocenters. The minimum absolute atomic E-state index is 0.0565. The molecule has 0 aliphatic heterocycles. The highest BCUT2D eigenvalue weighted by molar-refractivity contribution is 6.30. The third-order valence-corrected chi connectivity index (χ3v) is 7.38. The number of nitrogens with zero attached hydrogens (tertiary/aromatic N) is 1. The van der Waals surface area contributed by atoms with E-state index in [0.29, 0.717) is 11.6 Å². The number of rotatable bonds is 9. The van der Waals surface area contributed by atoms with Crippen LogP contribution in [0.15, 0.2) is 84.9 Å². The van der Waals surface area contributed by atoms with E-state index in [1.54, 1.807) is 4.90 Å². The molecule has 1 saturated carbocycles. The molecule has 188 valence electrons. The van der Waals surface area contributed by atoms with Crippen molar-refractivity contribution in [2.75, 3.05) is 0 Å². The number of nitrogens with one attached hydrogen (secondary N) is 1. The van der Waals surface area contributed by atoms with Crippen LogP contribution in [0.3, 0.4) is 0 Å². The van der Waals surface area contributed by atoms with Crippen LogP contribution in [0, 0.1) is 0 Å². The van der Waals surface area contributed by atoms with Gasteiger partial charge in [0.1, 0.15) is 6.04 Å². The summed E-state index contributed by atoms with van der Waals surface area (Å²) in [5.41, 5.74) is 3.07. The first kappa shape index (κ1) is 26.0. The van der Waals surface area contributed by atoms with Crippen LogP contribution >= 0.6 is 11.6 Å². The average molecular weight is 503 g/mol. The molecule has 1 atom stereocenters. The molecule has 0 heterocycles. The predicted molar refractivity (Wildman–Crippen MR) is 146 cm³/mol. The first-order valence-corrected chi connectivity index (χ1v) is 13.3. The van der Waals surface area contributed by atoms with Gasteiger partial charge in [0, 0.05) is 29.9 Å². The van der Waals surface area contributed by atoms with Gasteiger partial charge in [-0.3, -0.25) is 9.59 Å². The van der Waals surface area contributed by atoms with Gasteiger partial charge in [-0.2, -0.15) is 0 Å². The molecular formula is C31H35ClN2O2. The lowest BCUT2D eigenvalue weighted by atomic mass is 9.88. The van der Waals surface area contributed by atoms with Gasteiger partial charge in [-0.25, -0.2) is 0 Å². The van der Waals surface area contributed by atoms with Gasteiger partial charge in [0.15, 0.2) is 0 Å². The third kappa shape index (κ3) is 6.98. The lowest BCUT2D eigenvalue weighted by Crippen LogP contribution is -2.50. The summed E-state index contributed by atoms with van der Waals surface area (Å²) in [5.74, 6) is -0.248. The van der Waals surface area contributed by atoms with Gasteiger partial charge in [0.05, 0.1) is 0 Å². The Labute approximate surface area is 219 Å². The molecule has 4 rings (SSSR count). The number of carbonyl (C=O) groups is 2. The van der Waals surface area contributed by atoms with E-state index >= 15 is 0 Å². The smallest absolute Gasteiger partial charge is 0.242 e. The second-order valence-corrected chi connectivity index (χ2v) is 10.2. The molecule has 1 aliphatic carbocycles. The van der Waals surface area contributed by atoms with Crippen molar-refractivity contribution in [1.82, 2.24) is 10.2 Å². The molecule has 5 heteroatoms. The van der Waals surface area contributed by atoms with Crippen LogP contribution in [0.5, 0.6) is 0 Å². The van der Waals surface area contributed by atoms with E-state index in [-0.39, 0.29) is 30.2 Å². The SMILES string of the molecule is C[C@H](C(=O)NC1CCCCC1)N(Cc1cccc(Cl)c1)C(=O)CC(c1ccccc1)c1ccccc1. The summed E-state index contributed by atoms with van der Waals surface area (Å²) in [4.78, 5) is 29.0. The van der Waals surface area contributed by atoms with E-state index in [1.165, 1.54) is 6.42 Å². The normalized spacial score (nSPS) is 14.9. The van der Waals surface area contributed by atoms with Crippen molar-refractivity contribution in [3.63, 3.8) is 0 Å². The fourth-order valence-electron chi connectivity index (χ4n) is 5.07. The standard InChI is InChI=1S/C31H35ClN2O2/c1-23(31(36)33-28-18-9-4-10-19-28)34(22-24-12-11-17-27(32)20-24)30(35)21-29(25-13-5-2-6-14-25)26-15-7-3-8-16-26/h2-3,5-8,11-17,20,23,28-29H,4,9-10,18-19,21-22H2,1H3,(H,33,36)/t23-/m1/s1. The van der Waals surface area contributed by atoms with Crippen molar-refractivity contribution < 1.29 is 9.59 Å². The van der Waals surface area contributed by atoms with Crippen LogP contribution in [0.1, 0.15) is 68.1 Å². The van der Waals surface area contributed by atoms with Crippen molar-refractivity contribution in [1.29, 1.82) is 0 Å². The molecule has 1 fully saturated rings. The van der Waals surface area contributed by atoms with Crippen LogP contribution in [-0.2, 0) is 16.1 Å². The molecule has 1 aliphatic rings. The molecule has 2 amide bonds. The van der Waals surface area contributed by atoms with Crippen LogP contribution in [0.2, 0.25) is 5.02 Å². The van der Waals surface area contributed by atoms with Crippen LogP contribution < -0.4 is 5.32 Å². The highest BCUT2D eigenvalue weighted by Crippen LogP contribution is 2.29. The van der Waals surface area contributed by atoms with E-state index in [4.69, 9.17) is 11.6 Å². The lowest BCUT2D eigenvalue weighted by molar-refractivity contribution is -0.141. The Morgan fingerprint density at radius 1 is 0.889 bits per heavy atom. The number of carbonyl (C=O) groups excluding carboxylic acids is 2. The van der Waals surface area contributed by atoms with Gasteiger partial charge in [-0.15, -0.1) is 0 Å². The van der Waals surface area contributed by atoms with Gasteiger partial charge in [0.25, 0.3) is 0 Å². The molecule has 3 aromatic rings. The molecule has 0 saturated heterocycles. The predicted octanol–water partition coefficient (Wildman–Crippen LogP) is 6.73. The maximum absolute atomic E-state index is 13.9. The van der Waals surface area contributed by atoms with Gasteiger partial charge in [-0.05, 0) is 48.6 Å². The zero-order chi connectivity index (χ0) is 25.3. The second kappa shape index (κ2) is 12.7. The van der Waals surface area contributed by atoms with E-state index in [0.717, 1.165) is 42.4 Å². The fraction of sp³-hybridized carbons (Fsp3) is 0.355. The third-order valence-electron chi connectivity index (χ3n) is 7.14. The highest BCUT2D eigenvalue weighted by Gasteiger charge is 2.30. The molecule has 0 spiro atoms. The minimum Gasteiger partial charge on any atom is -0.352 e. The topological polar surface area (TPSA) is 49.4 Å². The number of amides is 2. The molecule has 0 bridgehead atoms. The van der Waals surface area contributed by atoms with Crippen molar-refractivity contribution in [3.8, 4) is 0 Å². The van der Waals surface area contributed by atoms with Gasteiger partial charge < -0.3 is 10.2 Å². The fourth-order valence-corrected chi connectivity index (χ4v) is 5.29. The Balaban J connectivity index is 1.59.